The topological polar surface area (TPSA) is 100 Å². The number of ketones is 1. The summed E-state index contributed by atoms with van der Waals surface area (Å²) < 4.78 is 21.7. The first-order chi connectivity index (χ1) is 16.2. The van der Waals surface area contributed by atoms with Crippen LogP contribution < -0.4 is 14.8 Å². The predicted molar refractivity (Wildman–Crippen MR) is 125 cm³/mol. The molecule has 34 heavy (non-hydrogen) atoms. The van der Waals surface area contributed by atoms with Crippen LogP contribution in [0.1, 0.15) is 52.0 Å². The summed E-state index contributed by atoms with van der Waals surface area (Å²) in [6.07, 6.45) is 0.795. The van der Waals surface area contributed by atoms with Gasteiger partial charge in [-0.05, 0) is 50.8 Å². The average molecular weight is 472 g/mol. The first-order valence-corrected chi connectivity index (χ1v) is 11.4. The Labute approximate surface area is 200 Å². The average Bonchev–Trinajstić information content (AvgIpc) is 2.82. The monoisotopic (exact) mass is 471 g/mol. The molecule has 8 heteroatoms. The van der Waals surface area contributed by atoms with Crippen molar-refractivity contribution >= 4 is 17.7 Å². The zero-order valence-electron chi connectivity index (χ0n) is 20.8. The maximum Gasteiger partial charge on any atom is 0.337 e. The van der Waals surface area contributed by atoms with E-state index in [0.29, 0.717) is 52.4 Å². The van der Waals surface area contributed by atoms with E-state index < -0.39 is 23.8 Å². The molecule has 4 atom stereocenters. The Morgan fingerprint density at radius 3 is 2.47 bits per heavy atom. The second-order valence-electron chi connectivity index (χ2n) is 8.77. The van der Waals surface area contributed by atoms with Crippen LogP contribution in [0.2, 0.25) is 0 Å². The second kappa shape index (κ2) is 10.3. The molecular formula is C26H33NO7. The van der Waals surface area contributed by atoms with Crippen LogP contribution in [0.5, 0.6) is 11.5 Å². The van der Waals surface area contributed by atoms with Gasteiger partial charge in [-0.2, -0.15) is 0 Å². The number of nitrogens with one attached hydrogen (secondary N) is 1. The molecular weight excluding hydrogens is 438 g/mol. The molecule has 0 fully saturated rings. The molecule has 1 aliphatic heterocycles. The van der Waals surface area contributed by atoms with Crippen molar-refractivity contribution in [2.24, 2.45) is 11.8 Å². The Morgan fingerprint density at radius 1 is 1.18 bits per heavy atom. The molecule has 2 aliphatic rings. The standard InChI is InChI=1S/C26H33NO7/c1-8-14(3)34-26(30)21-15(4)27-18-11-13(2)20(25(29)33-7)24(28)23(18)22(21)17-12-16(31-5)9-10-19(17)32-6/h9-10,12-14,20,22,27H,8,11H2,1-7H3. The molecule has 1 aliphatic carbocycles. The molecule has 0 saturated heterocycles. The first-order valence-electron chi connectivity index (χ1n) is 11.4. The Kier molecular flexibility index (Phi) is 7.69. The maximum atomic E-state index is 13.8. The van der Waals surface area contributed by atoms with Gasteiger partial charge in [-0.1, -0.05) is 13.8 Å². The van der Waals surface area contributed by atoms with Gasteiger partial charge in [-0.25, -0.2) is 4.79 Å². The molecule has 1 aromatic carbocycles. The Bertz CT molecular complexity index is 1060. The van der Waals surface area contributed by atoms with Crippen molar-refractivity contribution < 1.29 is 33.3 Å². The van der Waals surface area contributed by atoms with Crippen LogP contribution in [0.3, 0.4) is 0 Å². The largest absolute Gasteiger partial charge is 0.497 e. The molecule has 0 radical (unpaired) electrons. The summed E-state index contributed by atoms with van der Waals surface area (Å²) >= 11 is 0. The highest BCUT2D eigenvalue weighted by Crippen LogP contribution is 2.48. The summed E-state index contributed by atoms with van der Waals surface area (Å²) in [6.45, 7) is 7.38. The van der Waals surface area contributed by atoms with Crippen molar-refractivity contribution in [3.8, 4) is 11.5 Å². The summed E-state index contributed by atoms with van der Waals surface area (Å²) in [5, 5.41) is 3.26. The van der Waals surface area contributed by atoms with Gasteiger partial charge in [0.1, 0.15) is 17.4 Å². The lowest BCUT2D eigenvalue weighted by Crippen LogP contribution is -2.43. The fourth-order valence-electron chi connectivity index (χ4n) is 4.66. The highest BCUT2D eigenvalue weighted by atomic mass is 16.5. The van der Waals surface area contributed by atoms with Gasteiger partial charge in [0, 0.05) is 22.5 Å². The summed E-state index contributed by atoms with van der Waals surface area (Å²) in [6, 6.07) is 5.23. The molecule has 1 N–H and O–H groups in total. The molecule has 8 nitrogen and oxygen atoms in total. The van der Waals surface area contributed by atoms with E-state index in [9.17, 15) is 14.4 Å². The number of Topliss-reactive ketones (excluding diaryl/α,β-unsaturated/α-hetero) is 1. The molecule has 4 unspecified atom stereocenters. The number of hydrogen-bond donors (Lipinski definition) is 1. The molecule has 3 rings (SSSR count). The fourth-order valence-corrected chi connectivity index (χ4v) is 4.66. The summed E-state index contributed by atoms with van der Waals surface area (Å²) in [7, 11) is 4.34. The zero-order chi connectivity index (χ0) is 25.2. The van der Waals surface area contributed by atoms with Gasteiger partial charge < -0.3 is 24.3 Å². The van der Waals surface area contributed by atoms with Gasteiger partial charge in [-0.15, -0.1) is 0 Å². The number of esters is 2. The lowest BCUT2D eigenvalue weighted by molar-refractivity contribution is -0.151. The van der Waals surface area contributed by atoms with Crippen molar-refractivity contribution in [1.29, 1.82) is 0 Å². The number of carbonyl (C=O) groups excluding carboxylic acids is 3. The number of methoxy groups -OCH3 is 3. The Morgan fingerprint density at radius 2 is 1.88 bits per heavy atom. The minimum absolute atomic E-state index is 0.263. The van der Waals surface area contributed by atoms with Crippen LogP contribution in [0.25, 0.3) is 0 Å². The lowest BCUT2D eigenvalue weighted by Gasteiger charge is -2.38. The summed E-state index contributed by atoms with van der Waals surface area (Å²) in [5.41, 5.74) is 2.51. The van der Waals surface area contributed by atoms with Gasteiger partial charge in [0.05, 0.1) is 38.9 Å². The molecule has 0 bridgehead atoms. The molecule has 0 spiro atoms. The molecule has 0 amide bonds. The molecule has 0 saturated carbocycles. The van der Waals surface area contributed by atoms with E-state index in [-0.39, 0.29) is 17.8 Å². The normalized spacial score (nSPS) is 23.0. The smallest absolute Gasteiger partial charge is 0.337 e. The van der Waals surface area contributed by atoms with E-state index in [1.54, 1.807) is 32.2 Å². The Balaban J connectivity index is 2.26. The predicted octanol–water partition coefficient (Wildman–Crippen LogP) is 3.66. The van der Waals surface area contributed by atoms with Crippen LogP contribution >= 0.6 is 0 Å². The van der Waals surface area contributed by atoms with Crippen LogP contribution in [0.4, 0.5) is 0 Å². The molecule has 1 heterocycles. The van der Waals surface area contributed by atoms with Crippen molar-refractivity contribution in [3.63, 3.8) is 0 Å². The lowest BCUT2D eigenvalue weighted by atomic mass is 9.69. The SMILES string of the molecule is CCC(C)OC(=O)C1=C(C)NC2=C(C(=O)C(C(=O)OC)C(C)C2)C1c1cc(OC)ccc1OC. The van der Waals surface area contributed by atoms with E-state index in [4.69, 9.17) is 18.9 Å². The third-order valence-corrected chi connectivity index (χ3v) is 6.59. The number of hydrogen-bond acceptors (Lipinski definition) is 8. The van der Waals surface area contributed by atoms with Gasteiger partial charge in [0.15, 0.2) is 5.78 Å². The van der Waals surface area contributed by atoms with E-state index in [0.717, 1.165) is 0 Å². The second-order valence-corrected chi connectivity index (χ2v) is 8.77. The quantitative estimate of drug-likeness (QED) is 0.475. The van der Waals surface area contributed by atoms with Crippen molar-refractivity contribution in [2.75, 3.05) is 21.3 Å². The third-order valence-electron chi connectivity index (χ3n) is 6.59. The van der Waals surface area contributed by atoms with E-state index in [2.05, 4.69) is 5.32 Å². The van der Waals surface area contributed by atoms with Crippen LogP contribution in [0, 0.1) is 11.8 Å². The molecule has 184 valence electrons. The number of benzene rings is 1. The highest BCUT2D eigenvalue weighted by molar-refractivity contribution is 6.12. The third kappa shape index (κ3) is 4.54. The van der Waals surface area contributed by atoms with Gasteiger partial charge in [0.2, 0.25) is 0 Å². The first kappa shape index (κ1) is 25.3. The van der Waals surface area contributed by atoms with Crippen LogP contribution in [-0.4, -0.2) is 45.2 Å². The summed E-state index contributed by atoms with van der Waals surface area (Å²) in [5.74, 6) is -2.48. The van der Waals surface area contributed by atoms with Crippen LogP contribution in [-0.2, 0) is 23.9 Å². The Hall–Kier alpha value is -3.29. The van der Waals surface area contributed by atoms with Gasteiger partial charge >= 0.3 is 11.9 Å². The fraction of sp³-hybridized carbons (Fsp3) is 0.500. The van der Waals surface area contributed by atoms with Crippen LogP contribution in [0.15, 0.2) is 40.7 Å². The summed E-state index contributed by atoms with van der Waals surface area (Å²) in [4.78, 5) is 39.8. The van der Waals surface area contributed by atoms with Gasteiger partial charge in [0.25, 0.3) is 0 Å². The number of dihydropyridines is 1. The molecule has 0 aromatic heterocycles. The number of allylic oxidation sites excluding steroid dienone is 3. The van der Waals surface area contributed by atoms with Gasteiger partial charge in [-0.3, -0.25) is 9.59 Å². The van der Waals surface area contributed by atoms with E-state index >= 15 is 0 Å². The van der Waals surface area contributed by atoms with E-state index in [1.807, 2.05) is 20.8 Å². The highest BCUT2D eigenvalue weighted by Gasteiger charge is 2.48. The number of carbonyl (C=O) groups is 3. The minimum atomic E-state index is -0.963. The number of ether oxygens (including phenoxy) is 4. The van der Waals surface area contributed by atoms with Crippen molar-refractivity contribution in [3.05, 3.63) is 46.3 Å². The zero-order valence-corrected chi connectivity index (χ0v) is 20.8. The van der Waals surface area contributed by atoms with E-state index in [1.165, 1.54) is 14.2 Å². The number of rotatable bonds is 7. The minimum Gasteiger partial charge on any atom is -0.497 e. The van der Waals surface area contributed by atoms with Crippen molar-refractivity contribution in [2.45, 2.75) is 52.6 Å². The maximum absolute atomic E-state index is 13.8. The molecule has 1 aromatic rings. The van der Waals surface area contributed by atoms with Crippen molar-refractivity contribution in [1.82, 2.24) is 5.32 Å².